The molecular weight excluding hydrogens is 198 g/mol. The van der Waals surface area contributed by atoms with E-state index in [1.54, 1.807) is 0 Å². The lowest BCUT2D eigenvalue weighted by Crippen LogP contribution is -2.05. The second kappa shape index (κ2) is 4.88. The highest BCUT2D eigenvalue weighted by atomic mass is 16.5. The van der Waals surface area contributed by atoms with Gasteiger partial charge in [0.2, 0.25) is 0 Å². The minimum Gasteiger partial charge on any atom is -0.494 e. The zero-order chi connectivity index (χ0) is 11.5. The van der Waals surface area contributed by atoms with Crippen LogP contribution in [0.4, 0.5) is 0 Å². The largest absolute Gasteiger partial charge is 0.494 e. The molecule has 1 aromatic rings. The predicted octanol–water partition coefficient (Wildman–Crippen LogP) is 3.06. The SMILES string of the molecule is CC(C)CCOc1ccc2c(c1)CC[C@@H]2N. The van der Waals surface area contributed by atoms with Crippen LogP contribution in [0.15, 0.2) is 18.2 Å². The Bertz CT molecular complexity index is 360. The van der Waals surface area contributed by atoms with Gasteiger partial charge in [-0.2, -0.15) is 0 Å². The molecule has 0 aliphatic heterocycles. The Labute approximate surface area is 97.8 Å². The van der Waals surface area contributed by atoms with Gasteiger partial charge in [0.1, 0.15) is 5.75 Å². The quantitative estimate of drug-likeness (QED) is 0.844. The Morgan fingerprint density at radius 3 is 3.00 bits per heavy atom. The highest BCUT2D eigenvalue weighted by Crippen LogP contribution is 2.31. The highest BCUT2D eigenvalue weighted by molar-refractivity contribution is 5.40. The average Bonchev–Trinajstić information content (AvgIpc) is 2.60. The summed E-state index contributed by atoms with van der Waals surface area (Å²) in [6.07, 6.45) is 3.28. The summed E-state index contributed by atoms with van der Waals surface area (Å²) < 4.78 is 5.74. The van der Waals surface area contributed by atoms with Crippen molar-refractivity contribution in [1.82, 2.24) is 0 Å². The van der Waals surface area contributed by atoms with Crippen molar-refractivity contribution in [2.24, 2.45) is 11.7 Å². The maximum absolute atomic E-state index is 6.00. The van der Waals surface area contributed by atoms with E-state index in [0.717, 1.165) is 31.6 Å². The molecule has 0 amide bonds. The number of hydrogen-bond donors (Lipinski definition) is 1. The molecule has 0 fully saturated rings. The summed E-state index contributed by atoms with van der Waals surface area (Å²) in [6.45, 7) is 5.23. The Morgan fingerprint density at radius 1 is 1.44 bits per heavy atom. The van der Waals surface area contributed by atoms with E-state index in [1.165, 1.54) is 11.1 Å². The number of aryl methyl sites for hydroxylation is 1. The molecule has 1 aliphatic carbocycles. The highest BCUT2D eigenvalue weighted by Gasteiger charge is 2.18. The number of hydrogen-bond acceptors (Lipinski definition) is 2. The van der Waals surface area contributed by atoms with Crippen molar-refractivity contribution in [2.45, 2.75) is 39.2 Å². The van der Waals surface area contributed by atoms with Crippen molar-refractivity contribution in [1.29, 1.82) is 0 Å². The minimum atomic E-state index is 0.236. The van der Waals surface area contributed by atoms with Gasteiger partial charge in [0.15, 0.2) is 0 Å². The van der Waals surface area contributed by atoms with Gasteiger partial charge in [-0.1, -0.05) is 19.9 Å². The van der Waals surface area contributed by atoms with Gasteiger partial charge in [-0.05, 0) is 48.4 Å². The zero-order valence-electron chi connectivity index (χ0n) is 10.2. The fraction of sp³-hybridized carbons (Fsp3) is 0.571. The lowest BCUT2D eigenvalue weighted by Gasteiger charge is -2.10. The van der Waals surface area contributed by atoms with Crippen LogP contribution in [0, 0.1) is 5.92 Å². The second-order valence-electron chi connectivity index (χ2n) is 5.04. The Hall–Kier alpha value is -1.02. The van der Waals surface area contributed by atoms with Crippen molar-refractivity contribution in [3.05, 3.63) is 29.3 Å². The first-order chi connectivity index (χ1) is 7.66. The van der Waals surface area contributed by atoms with Crippen molar-refractivity contribution < 1.29 is 4.74 Å². The third-order valence-corrected chi connectivity index (χ3v) is 3.20. The van der Waals surface area contributed by atoms with Crippen LogP contribution in [0.5, 0.6) is 5.75 Å². The molecule has 0 spiro atoms. The summed E-state index contributed by atoms with van der Waals surface area (Å²) in [5.41, 5.74) is 8.67. The van der Waals surface area contributed by atoms with Crippen LogP contribution in [-0.2, 0) is 6.42 Å². The fourth-order valence-electron chi connectivity index (χ4n) is 2.13. The van der Waals surface area contributed by atoms with Gasteiger partial charge in [-0.25, -0.2) is 0 Å². The lowest BCUT2D eigenvalue weighted by atomic mass is 10.1. The molecule has 2 nitrogen and oxygen atoms in total. The van der Waals surface area contributed by atoms with Crippen molar-refractivity contribution in [3.8, 4) is 5.75 Å². The second-order valence-corrected chi connectivity index (χ2v) is 5.04. The average molecular weight is 219 g/mol. The van der Waals surface area contributed by atoms with Crippen LogP contribution in [0.2, 0.25) is 0 Å². The summed E-state index contributed by atoms with van der Waals surface area (Å²) in [7, 11) is 0. The maximum Gasteiger partial charge on any atom is 0.119 e. The number of benzene rings is 1. The number of rotatable bonds is 4. The van der Waals surface area contributed by atoms with E-state index in [2.05, 4.69) is 26.0 Å². The van der Waals surface area contributed by atoms with Crippen LogP contribution < -0.4 is 10.5 Å². The van der Waals surface area contributed by atoms with Gasteiger partial charge in [-0.3, -0.25) is 0 Å². The molecular formula is C14H21NO. The molecule has 0 unspecified atom stereocenters. The summed E-state index contributed by atoms with van der Waals surface area (Å²) in [6, 6.07) is 6.56. The summed E-state index contributed by atoms with van der Waals surface area (Å²) in [5, 5.41) is 0. The number of fused-ring (bicyclic) bond motifs is 1. The maximum atomic E-state index is 6.00. The van der Waals surface area contributed by atoms with Crippen LogP contribution in [0.3, 0.4) is 0 Å². The molecule has 2 heteroatoms. The Balaban J connectivity index is 1.97. The van der Waals surface area contributed by atoms with Gasteiger partial charge in [-0.15, -0.1) is 0 Å². The van der Waals surface area contributed by atoms with Gasteiger partial charge < -0.3 is 10.5 Å². The molecule has 0 bridgehead atoms. The first-order valence-corrected chi connectivity index (χ1v) is 6.18. The molecule has 1 atom stereocenters. The zero-order valence-corrected chi connectivity index (χ0v) is 10.2. The first kappa shape index (κ1) is 11.5. The first-order valence-electron chi connectivity index (χ1n) is 6.18. The summed E-state index contributed by atoms with van der Waals surface area (Å²) in [5.74, 6) is 1.69. The fourth-order valence-corrected chi connectivity index (χ4v) is 2.13. The molecule has 1 aliphatic rings. The monoisotopic (exact) mass is 219 g/mol. The van der Waals surface area contributed by atoms with Gasteiger partial charge in [0, 0.05) is 6.04 Å². The third-order valence-electron chi connectivity index (χ3n) is 3.20. The van der Waals surface area contributed by atoms with E-state index in [4.69, 9.17) is 10.5 Å². The Morgan fingerprint density at radius 2 is 2.25 bits per heavy atom. The van der Waals surface area contributed by atoms with E-state index in [-0.39, 0.29) is 6.04 Å². The van der Waals surface area contributed by atoms with E-state index in [9.17, 15) is 0 Å². The molecule has 16 heavy (non-hydrogen) atoms. The van der Waals surface area contributed by atoms with E-state index in [0.29, 0.717) is 5.92 Å². The van der Waals surface area contributed by atoms with Gasteiger partial charge >= 0.3 is 0 Å². The minimum absolute atomic E-state index is 0.236. The van der Waals surface area contributed by atoms with Crippen molar-refractivity contribution in [2.75, 3.05) is 6.61 Å². The van der Waals surface area contributed by atoms with Crippen molar-refractivity contribution >= 4 is 0 Å². The van der Waals surface area contributed by atoms with Gasteiger partial charge in [0.05, 0.1) is 6.61 Å². The van der Waals surface area contributed by atoms with Crippen LogP contribution in [0.1, 0.15) is 43.9 Å². The Kier molecular flexibility index (Phi) is 3.49. The molecule has 0 saturated heterocycles. The van der Waals surface area contributed by atoms with E-state index < -0.39 is 0 Å². The van der Waals surface area contributed by atoms with Crippen LogP contribution in [-0.4, -0.2) is 6.61 Å². The van der Waals surface area contributed by atoms with E-state index in [1.807, 2.05) is 6.07 Å². The summed E-state index contributed by atoms with van der Waals surface area (Å²) in [4.78, 5) is 0. The number of ether oxygens (including phenoxy) is 1. The van der Waals surface area contributed by atoms with Crippen LogP contribution >= 0.6 is 0 Å². The molecule has 2 N–H and O–H groups in total. The summed E-state index contributed by atoms with van der Waals surface area (Å²) >= 11 is 0. The molecule has 2 rings (SSSR count). The smallest absolute Gasteiger partial charge is 0.119 e. The molecule has 1 aromatic carbocycles. The predicted molar refractivity (Wildman–Crippen MR) is 66.6 cm³/mol. The third kappa shape index (κ3) is 2.56. The van der Waals surface area contributed by atoms with Gasteiger partial charge in [0.25, 0.3) is 0 Å². The molecule has 0 heterocycles. The molecule has 0 radical (unpaired) electrons. The molecule has 0 saturated carbocycles. The lowest BCUT2D eigenvalue weighted by molar-refractivity contribution is 0.289. The molecule has 88 valence electrons. The standard InChI is InChI=1S/C14H21NO/c1-10(2)7-8-16-12-4-5-13-11(9-12)3-6-14(13)15/h4-5,9-10,14H,3,6-8,15H2,1-2H3/t14-/m0/s1. The molecule has 0 aromatic heterocycles. The normalized spacial score (nSPS) is 18.9. The van der Waals surface area contributed by atoms with E-state index >= 15 is 0 Å². The topological polar surface area (TPSA) is 35.2 Å². The van der Waals surface area contributed by atoms with Crippen LogP contribution in [0.25, 0.3) is 0 Å². The number of nitrogens with two attached hydrogens (primary N) is 1. The van der Waals surface area contributed by atoms with Crippen molar-refractivity contribution in [3.63, 3.8) is 0 Å².